The molecule has 0 spiro atoms. The summed E-state index contributed by atoms with van der Waals surface area (Å²) in [5, 5.41) is 3.57. The van der Waals surface area contributed by atoms with Crippen LogP contribution in [0.2, 0.25) is 0 Å². The van der Waals surface area contributed by atoms with Crippen molar-refractivity contribution in [3.05, 3.63) is 0 Å². The molecule has 0 aromatic rings. The lowest BCUT2D eigenvalue weighted by Crippen LogP contribution is -2.63. The minimum absolute atomic E-state index is 0.0667. The second-order valence-corrected chi connectivity index (χ2v) is 6.83. The maximum Gasteiger partial charge on any atom is 0.327 e. The number of nitrogens with zero attached hydrogens (tertiary/aromatic N) is 1. The van der Waals surface area contributed by atoms with Crippen LogP contribution in [0, 0.1) is 5.92 Å². The number of carbonyl (C=O) groups excluding carboxylic acids is 1. The molecule has 4 nitrogen and oxygen atoms in total. The molecule has 0 radical (unpaired) electrons. The summed E-state index contributed by atoms with van der Waals surface area (Å²) in [6.45, 7) is 14.9. The van der Waals surface area contributed by atoms with Gasteiger partial charge in [0.05, 0.1) is 6.61 Å². The van der Waals surface area contributed by atoms with E-state index in [1.807, 2.05) is 6.92 Å². The van der Waals surface area contributed by atoms with E-state index in [-0.39, 0.29) is 12.0 Å². The standard InChI is InChI=1S/C17H34N2O2/c1-7-11-19(14(5)6)12-17(15-9-10-15,18-13(3)4)16(20)21-8-2/h13-15,18H,7-12H2,1-6H3. The first-order valence-corrected chi connectivity index (χ1v) is 8.56. The van der Waals surface area contributed by atoms with Gasteiger partial charge in [-0.3, -0.25) is 10.2 Å². The van der Waals surface area contributed by atoms with Gasteiger partial charge < -0.3 is 4.74 Å². The Bertz CT molecular complexity index is 327. The van der Waals surface area contributed by atoms with Crippen LogP contribution in [0.25, 0.3) is 0 Å². The second kappa shape index (κ2) is 8.14. The van der Waals surface area contributed by atoms with E-state index >= 15 is 0 Å². The molecule has 1 aliphatic rings. The average Bonchev–Trinajstić information content (AvgIpc) is 3.21. The van der Waals surface area contributed by atoms with Crippen LogP contribution in [0.1, 0.15) is 60.8 Å². The molecule has 0 heterocycles. The first-order chi connectivity index (χ1) is 9.87. The first-order valence-electron chi connectivity index (χ1n) is 8.56. The SMILES string of the molecule is CCCN(CC(NC(C)C)(C(=O)OCC)C1CC1)C(C)C. The number of rotatable bonds is 10. The lowest BCUT2D eigenvalue weighted by atomic mass is 9.90. The molecule has 0 aromatic carbocycles. The summed E-state index contributed by atoms with van der Waals surface area (Å²) in [6.07, 6.45) is 3.34. The molecule has 21 heavy (non-hydrogen) atoms. The molecular weight excluding hydrogens is 264 g/mol. The molecule has 0 amide bonds. The van der Waals surface area contributed by atoms with Crippen molar-refractivity contribution in [2.75, 3.05) is 19.7 Å². The van der Waals surface area contributed by atoms with Crippen LogP contribution < -0.4 is 5.32 Å². The maximum atomic E-state index is 12.7. The van der Waals surface area contributed by atoms with E-state index in [0.717, 1.165) is 32.4 Å². The van der Waals surface area contributed by atoms with Gasteiger partial charge in [0.15, 0.2) is 0 Å². The molecule has 1 saturated carbocycles. The Labute approximate surface area is 130 Å². The van der Waals surface area contributed by atoms with Gasteiger partial charge in [-0.2, -0.15) is 0 Å². The van der Waals surface area contributed by atoms with Crippen LogP contribution in [-0.4, -0.2) is 48.2 Å². The Balaban J connectivity index is 3.00. The maximum absolute atomic E-state index is 12.7. The van der Waals surface area contributed by atoms with E-state index in [1.54, 1.807) is 0 Å². The smallest absolute Gasteiger partial charge is 0.327 e. The van der Waals surface area contributed by atoms with Crippen LogP contribution in [0.3, 0.4) is 0 Å². The highest BCUT2D eigenvalue weighted by Gasteiger charge is 2.53. The molecule has 0 bridgehead atoms. The predicted octanol–water partition coefficient (Wildman–Crippen LogP) is 2.82. The van der Waals surface area contributed by atoms with E-state index in [2.05, 4.69) is 44.8 Å². The average molecular weight is 298 g/mol. The third kappa shape index (κ3) is 4.96. The van der Waals surface area contributed by atoms with Gasteiger partial charge in [0.2, 0.25) is 0 Å². The van der Waals surface area contributed by atoms with Gasteiger partial charge in [0.25, 0.3) is 0 Å². The summed E-state index contributed by atoms with van der Waals surface area (Å²) in [5.41, 5.74) is -0.538. The molecule has 1 rings (SSSR count). The summed E-state index contributed by atoms with van der Waals surface area (Å²) in [5.74, 6) is 0.347. The van der Waals surface area contributed by atoms with Crippen molar-refractivity contribution >= 4 is 5.97 Å². The third-order valence-electron chi connectivity index (χ3n) is 4.15. The van der Waals surface area contributed by atoms with E-state index in [0.29, 0.717) is 18.6 Å². The Morgan fingerprint density at radius 1 is 1.29 bits per heavy atom. The molecule has 1 N–H and O–H groups in total. The molecular formula is C17H34N2O2. The van der Waals surface area contributed by atoms with E-state index < -0.39 is 5.54 Å². The summed E-state index contributed by atoms with van der Waals surface area (Å²) in [6, 6.07) is 0.706. The van der Waals surface area contributed by atoms with Crippen molar-refractivity contribution in [2.24, 2.45) is 5.92 Å². The van der Waals surface area contributed by atoms with Crippen molar-refractivity contribution in [3.8, 4) is 0 Å². The summed E-state index contributed by atoms with van der Waals surface area (Å²) >= 11 is 0. The van der Waals surface area contributed by atoms with Crippen molar-refractivity contribution in [2.45, 2.75) is 78.4 Å². The number of hydrogen-bond acceptors (Lipinski definition) is 4. The summed E-state index contributed by atoms with van der Waals surface area (Å²) in [7, 11) is 0. The molecule has 1 unspecified atom stereocenters. The number of carbonyl (C=O) groups is 1. The van der Waals surface area contributed by atoms with Gasteiger partial charge in [0, 0.05) is 18.6 Å². The summed E-state index contributed by atoms with van der Waals surface area (Å²) < 4.78 is 5.44. The van der Waals surface area contributed by atoms with Crippen LogP contribution in [-0.2, 0) is 9.53 Å². The van der Waals surface area contributed by atoms with Crippen molar-refractivity contribution in [1.82, 2.24) is 10.2 Å². The Morgan fingerprint density at radius 2 is 1.90 bits per heavy atom. The molecule has 0 aromatic heterocycles. The Hall–Kier alpha value is -0.610. The van der Waals surface area contributed by atoms with Crippen molar-refractivity contribution < 1.29 is 9.53 Å². The van der Waals surface area contributed by atoms with E-state index in [1.165, 1.54) is 0 Å². The zero-order valence-electron chi connectivity index (χ0n) is 14.7. The zero-order valence-corrected chi connectivity index (χ0v) is 14.7. The Kier molecular flexibility index (Phi) is 7.14. The highest BCUT2D eigenvalue weighted by atomic mass is 16.5. The van der Waals surface area contributed by atoms with Gasteiger partial charge in [-0.15, -0.1) is 0 Å². The lowest BCUT2D eigenvalue weighted by Gasteiger charge is -2.40. The second-order valence-electron chi connectivity index (χ2n) is 6.83. The van der Waals surface area contributed by atoms with Crippen molar-refractivity contribution in [1.29, 1.82) is 0 Å². The number of esters is 1. The number of hydrogen-bond donors (Lipinski definition) is 1. The normalized spacial score (nSPS) is 18.3. The van der Waals surface area contributed by atoms with Gasteiger partial charge in [-0.1, -0.05) is 6.92 Å². The largest absolute Gasteiger partial charge is 0.465 e. The lowest BCUT2D eigenvalue weighted by molar-refractivity contribution is -0.154. The fourth-order valence-electron chi connectivity index (χ4n) is 3.06. The van der Waals surface area contributed by atoms with Gasteiger partial charge in [-0.25, -0.2) is 4.79 Å². The van der Waals surface area contributed by atoms with E-state index in [9.17, 15) is 4.79 Å². The third-order valence-corrected chi connectivity index (χ3v) is 4.15. The molecule has 1 aliphatic carbocycles. The minimum atomic E-state index is -0.538. The van der Waals surface area contributed by atoms with Gasteiger partial charge in [-0.05, 0) is 66.3 Å². The first kappa shape index (κ1) is 18.4. The fraction of sp³-hybridized carbons (Fsp3) is 0.941. The quantitative estimate of drug-likeness (QED) is 0.630. The van der Waals surface area contributed by atoms with Gasteiger partial charge >= 0.3 is 5.97 Å². The van der Waals surface area contributed by atoms with Crippen LogP contribution in [0.5, 0.6) is 0 Å². The molecule has 4 heteroatoms. The minimum Gasteiger partial charge on any atom is -0.465 e. The van der Waals surface area contributed by atoms with Gasteiger partial charge in [0.1, 0.15) is 5.54 Å². The van der Waals surface area contributed by atoms with Crippen molar-refractivity contribution in [3.63, 3.8) is 0 Å². The highest BCUT2D eigenvalue weighted by molar-refractivity contribution is 5.82. The van der Waals surface area contributed by atoms with Crippen LogP contribution in [0.15, 0.2) is 0 Å². The topological polar surface area (TPSA) is 41.6 Å². The highest BCUT2D eigenvalue weighted by Crippen LogP contribution is 2.41. The van der Waals surface area contributed by atoms with Crippen LogP contribution >= 0.6 is 0 Å². The molecule has 124 valence electrons. The predicted molar refractivity (Wildman–Crippen MR) is 87.4 cm³/mol. The monoisotopic (exact) mass is 298 g/mol. The molecule has 0 saturated heterocycles. The van der Waals surface area contributed by atoms with Crippen LogP contribution in [0.4, 0.5) is 0 Å². The fourth-order valence-corrected chi connectivity index (χ4v) is 3.06. The number of ether oxygens (including phenoxy) is 1. The molecule has 1 fully saturated rings. The van der Waals surface area contributed by atoms with E-state index in [4.69, 9.17) is 4.74 Å². The summed E-state index contributed by atoms with van der Waals surface area (Å²) in [4.78, 5) is 15.1. The molecule has 1 atom stereocenters. The Morgan fingerprint density at radius 3 is 2.29 bits per heavy atom. The molecule has 0 aliphatic heterocycles. The number of nitrogens with one attached hydrogen (secondary N) is 1. The zero-order chi connectivity index (χ0) is 16.0.